The van der Waals surface area contributed by atoms with Gasteiger partial charge >= 0.3 is 6.09 Å². The van der Waals surface area contributed by atoms with E-state index in [2.05, 4.69) is 5.32 Å². The lowest BCUT2D eigenvalue weighted by molar-refractivity contribution is 0.0508. The van der Waals surface area contributed by atoms with Crippen LogP contribution in [0.1, 0.15) is 27.2 Å². The van der Waals surface area contributed by atoms with Crippen molar-refractivity contribution in [2.24, 2.45) is 11.8 Å². The van der Waals surface area contributed by atoms with Crippen LogP contribution in [0.5, 0.6) is 0 Å². The van der Waals surface area contributed by atoms with Crippen molar-refractivity contribution in [3.63, 3.8) is 0 Å². The smallest absolute Gasteiger partial charge is 0.407 e. The van der Waals surface area contributed by atoms with Gasteiger partial charge in [-0.1, -0.05) is 0 Å². The Labute approximate surface area is 107 Å². The molecule has 2 atom stereocenters. The van der Waals surface area contributed by atoms with Crippen molar-refractivity contribution in [2.45, 2.75) is 32.8 Å². The van der Waals surface area contributed by atoms with E-state index < -0.39 is 5.60 Å². The molecule has 0 spiro atoms. The second-order valence-electron chi connectivity index (χ2n) is 5.45. The zero-order chi connectivity index (χ0) is 12.9. The maximum Gasteiger partial charge on any atom is 0.407 e. The number of hydrogen-bond donors (Lipinski definition) is 2. The number of hydrogen-bond acceptors (Lipinski definition) is 4. The van der Waals surface area contributed by atoms with E-state index in [4.69, 9.17) is 4.74 Å². The van der Waals surface area contributed by atoms with Gasteiger partial charge in [0.15, 0.2) is 0 Å². The maximum atomic E-state index is 11.5. The summed E-state index contributed by atoms with van der Waals surface area (Å²) in [4.78, 5) is 11.5. The van der Waals surface area contributed by atoms with Crippen LogP contribution in [-0.4, -0.2) is 41.5 Å². The number of nitrogens with one attached hydrogen (secondary N) is 1. The zero-order valence-electron chi connectivity index (χ0n) is 10.9. The lowest BCUT2D eigenvalue weighted by atomic mass is 9.92. The third-order valence-electron chi connectivity index (χ3n) is 2.77. The second-order valence-corrected chi connectivity index (χ2v) is 6.60. The molecule has 1 aliphatic heterocycles. The molecular formula is C12H23NO3S. The number of aliphatic hydroxyl groups is 1. The number of carbonyl (C=O) groups is 1. The Balaban J connectivity index is 2.31. The van der Waals surface area contributed by atoms with Crippen LogP contribution in [0.4, 0.5) is 4.79 Å². The third kappa shape index (κ3) is 5.64. The van der Waals surface area contributed by atoms with E-state index in [-0.39, 0.29) is 12.7 Å². The van der Waals surface area contributed by atoms with Crippen LogP contribution in [-0.2, 0) is 4.74 Å². The summed E-state index contributed by atoms with van der Waals surface area (Å²) in [5, 5.41) is 12.0. The van der Waals surface area contributed by atoms with Gasteiger partial charge in [0.1, 0.15) is 5.60 Å². The van der Waals surface area contributed by atoms with Crippen molar-refractivity contribution in [2.75, 3.05) is 24.7 Å². The highest BCUT2D eigenvalue weighted by molar-refractivity contribution is 7.99. The van der Waals surface area contributed by atoms with Crippen molar-refractivity contribution in [1.82, 2.24) is 5.32 Å². The van der Waals surface area contributed by atoms with Crippen LogP contribution in [0.3, 0.4) is 0 Å². The number of ether oxygens (including phenoxy) is 1. The standard InChI is InChI=1S/C12H23NO3S/c1-12(2,3)16-11(15)13-6-10-8-17-5-4-9(10)7-14/h9-10,14H,4-8H2,1-3H3,(H,13,15)/t9-,10-/m1/s1. The predicted molar refractivity (Wildman–Crippen MR) is 70.2 cm³/mol. The number of thioether (sulfide) groups is 1. The molecule has 100 valence electrons. The summed E-state index contributed by atoms with van der Waals surface area (Å²) in [6.07, 6.45) is 0.659. The Bertz CT molecular complexity index is 253. The van der Waals surface area contributed by atoms with Gasteiger partial charge in [0.2, 0.25) is 0 Å². The Morgan fingerprint density at radius 1 is 1.47 bits per heavy atom. The number of amides is 1. The minimum absolute atomic E-state index is 0.210. The van der Waals surface area contributed by atoms with Gasteiger partial charge in [0.05, 0.1) is 0 Å². The van der Waals surface area contributed by atoms with Crippen LogP contribution in [0.25, 0.3) is 0 Å². The first kappa shape index (κ1) is 14.6. The number of aliphatic hydroxyl groups excluding tert-OH is 1. The first-order valence-corrected chi connectivity index (χ1v) is 7.23. The molecule has 2 N–H and O–H groups in total. The van der Waals surface area contributed by atoms with Crippen molar-refractivity contribution >= 4 is 17.9 Å². The summed E-state index contributed by atoms with van der Waals surface area (Å²) in [5.74, 6) is 2.77. The van der Waals surface area contributed by atoms with E-state index >= 15 is 0 Å². The summed E-state index contributed by atoms with van der Waals surface area (Å²) in [7, 11) is 0. The van der Waals surface area contributed by atoms with Crippen molar-refractivity contribution in [3.05, 3.63) is 0 Å². The lowest BCUT2D eigenvalue weighted by Gasteiger charge is -2.30. The molecule has 1 fully saturated rings. The maximum absolute atomic E-state index is 11.5. The van der Waals surface area contributed by atoms with Crippen LogP contribution >= 0.6 is 11.8 Å². The van der Waals surface area contributed by atoms with Crippen LogP contribution in [0, 0.1) is 11.8 Å². The SMILES string of the molecule is CC(C)(C)OC(=O)NC[C@@H]1CSCC[C@@H]1CO. The van der Waals surface area contributed by atoms with Crippen molar-refractivity contribution < 1.29 is 14.6 Å². The van der Waals surface area contributed by atoms with Gasteiger partial charge in [-0.3, -0.25) is 0 Å². The zero-order valence-corrected chi connectivity index (χ0v) is 11.7. The number of carbonyl (C=O) groups excluding carboxylic acids is 1. The highest BCUT2D eigenvalue weighted by atomic mass is 32.2. The van der Waals surface area contributed by atoms with Crippen LogP contribution in [0.15, 0.2) is 0 Å². The summed E-state index contributed by atoms with van der Waals surface area (Å²) in [5.41, 5.74) is -0.457. The molecule has 0 radical (unpaired) electrons. The van der Waals surface area contributed by atoms with Gasteiger partial charge in [-0.2, -0.15) is 11.8 Å². The predicted octanol–water partition coefficient (Wildman–Crippen LogP) is 1.87. The molecule has 0 aromatic rings. The topological polar surface area (TPSA) is 58.6 Å². The van der Waals surface area contributed by atoms with Crippen molar-refractivity contribution in [1.29, 1.82) is 0 Å². The molecule has 0 saturated carbocycles. The fraction of sp³-hybridized carbons (Fsp3) is 0.917. The average molecular weight is 261 g/mol. The molecule has 17 heavy (non-hydrogen) atoms. The molecule has 1 amide bonds. The Morgan fingerprint density at radius 2 is 2.18 bits per heavy atom. The summed E-state index contributed by atoms with van der Waals surface area (Å²) in [6.45, 7) is 6.34. The molecule has 0 bridgehead atoms. The molecule has 0 aliphatic carbocycles. The first-order valence-electron chi connectivity index (χ1n) is 6.08. The Kier molecular flexibility index (Phi) is 5.59. The van der Waals surface area contributed by atoms with Crippen molar-refractivity contribution in [3.8, 4) is 0 Å². The molecule has 0 aromatic heterocycles. The molecule has 0 aromatic carbocycles. The average Bonchev–Trinajstić information content (AvgIpc) is 2.24. The molecule has 5 heteroatoms. The first-order chi connectivity index (χ1) is 7.92. The highest BCUT2D eigenvalue weighted by Crippen LogP contribution is 2.27. The fourth-order valence-electron chi connectivity index (χ4n) is 1.84. The minimum atomic E-state index is -0.457. The molecule has 4 nitrogen and oxygen atoms in total. The summed E-state index contributed by atoms with van der Waals surface area (Å²) in [6, 6.07) is 0. The molecule has 0 unspecified atom stereocenters. The lowest BCUT2D eigenvalue weighted by Crippen LogP contribution is -2.39. The normalized spacial score (nSPS) is 25.4. The van der Waals surface area contributed by atoms with E-state index in [1.54, 1.807) is 0 Å². The van der Waals surface area contributed by atoms with Gasteiger partial charge in [0.25, 0.3) is 0 Å². The van der Waals surface area contributed by atoms with Gasteiger partial charge < -0.3 is 15.2 Å². The van der Waals surface area contributed by atoms with E-state index in [0.29, 0.717) is 18.4 Å². The monoisotopic (exact) mass is 261 g/mol. The molecule has 1 heterocycles. The third-order valence-corrected chi connectivity index (χ3v) is 3.96. The van der Waals surface area contributed by atoms with E-state index in [1.807, 2.05) is 32.5 Å². The Morgan fingerprint density at radius 3 is 2.76 bits per heavy atom. The quantitative estimate of drug-likeness (QED) is 0.814. The van der Waals surface area contributed by atoms with Gasteiger partial charge in [-0.15, -0.1) is 0 Å². The van der Waals surface area contributed by atoms with E-state index in [9.17, 15) is 9.90 Å². The van der Waals surface area contributed by atoms with Crippen LogP contribution in [0.2, 0.25) is 0 Å². The number of alkyl carbamates (subject to hydrolysis) is 1. The molecule has 1 saturated heterocycles. The summed E-state index contributed by atoms with van der Waals surface area (Å²) < 4.78 is 5.18. The Hall–Kier alpha value is -0.420. The van der Waals surface area contributed by atoms with E-state index in [1.165, 1.54) is 0 Å². The number of rotatable bonds is 3. The second kappa shape index (κ2) is 6.50. The molecular weight excluding hydrogens is 238 g/mol. The summed E-state index contributed by atoms with van der Waals surface area (Å²) >= 11 is 1.88. The van der Waals surface area contributed by atoms with Crippen LogP contribution < -0.4 is 5.32 Å². The fourth-order valence-corrected chi connectivity index (χ4v) is 3.16. The van der Waals surface area contributed by atoms with Gasteiger partial charge in [0, 0.05) is 13.2 Å². The molecule has 1 aliphatic rings. The minimum Gasteiger partial charge on any atom is -0.444 e. The van der Waals surface area contributed by atoms with E-state index in [0.717, 1.165) is 17.9 Å². The molecule has 1 rings (SSSR count). The highest BCUT2D eigenvalue weighted by Gasteiger charge is 2.26. The van der Waals surface area contributed by atoms with Gasteiger partial charge in [-0.05, 0) is 50.5 Å². The van der Waals surface area contributed by atoms with Gasteiger partial charge in [-0.25, -0.2) is 4.79 Å². The largest absolute Gasteiger partial charge is 0.444 e.